The van der Waals surface area contributed by atoms with Gasteiger partial charge in [-0.3, -0.25) is 4.79 Å². The molecule has 1 amide bonds. The van der Waals surface area contributed by atoms with Gasteiger partial charge < -0.3 is 19.9 Å². The molecular weight excluding hydrogens is 494 g/mol. The molecular formula is C25H24ClNO7S. The minimum absolute atomic E-state index is 0.0225. The molecule has 0 aromatic heterocycles. The molecule has 8 nitrogen and oxygen atoms in total. The van der Waals surface area contributed by atoms with Gasteiger partial charge in [-0.1, -0.05) is 23.7 Å². The summed E-state index contributed by atoms with van der Waals surface area (Å²) >= 11 is 5.81. The maximum absolute atomic E-state index is 12.4. The number of amides is 1. The van der Waals surface area contributed by atoms with Crippen molar-refractivity contribution in [2.45, 2.75) is 24.0 Å². The molecule has 0 heterocycles. The Morgan fingerprint density at radius 1 is 0.943 bits per heavy atom. The Kier molecular flexibility index (Phi) is 8.73. The van der Waals surface area contributed by atoms with E-state index in [1.165, 1.54) is 43.5 Å². The second-order valence-corrected chi connectivity index (χ2v) is 10.1. The van der Waals surface area contributed by atoms with Crippen molar-refractivity contribution < 1.29 is 32.6 Å². The number of hydrogen-bond acceptors (Lipinski definition) is 6. The van der Waals surface area contributed by atoms with E-state index in [1.807, 2.05) is 0 Å². The van der Waals surface area contributed by atoms with Gasteiger partial charge in [-0.05, 0) is 79.1 Å². The number of rotatable bonds is 11. The van der Waals surface area contributed by atoms with Gasteiger partial charge in [0.2, 0.25) is 0 Å². The smallest absolute Gasteiger partial charge is 0.366 e. The van der Waals surface area contributed by atoms with Crippen LogP contribution < -0.4 is 14.8 Å². The third-order valence-corrected chi connectivity index (χ3v) is 7.14. The van der Waals surface area contributed by atoms with E-state index in [4.69, 9.17) is 21.1 Å². The summed E-state index contributed by atoms with van der Waals surface area (Å²) < 4.78 is 35.3. The van der Waals surface area contributed by atoms with Crippen LogP contribution >= 0.6 is 11.6 Å². The van der Waals surface area contributed by atoms with Gasteiger partial charge in [0.25, 0.3) is 12.1 Å². The molecule has 0 saturated heterocycles. The minimum Gasteiger partial charge on any atom is -0.497 e. The number of benzene rings is 3. The number of nitrogens with one attached hydrogen (secondary N) is 1. The van der Waals surface area contributed by atoms with Crippen LogP contribution in [0.3, 0.4) is 0 Å². The lowest BCUT2D eigenvalue weighted by atomic mass is 10.1. The molecule has 0 aliphatic heterocycles. The highest BCUT2D eigenvalue weighted by Crippen LogP contribution is 2.19. The Morgan fingerprint density at radius 3 is 2.11 bits per heavy atom. The first kappa shape index (κ1) is 26.1. The van der Waals surface area contributed by atoms with Gasteiger partial charge in [-0.15, -0.1) is 0 Å². The van der Waals surface area contributed by atoms with Crippen molar-refractivity contribution in [1.82, 2.24) is 5.32 Å². The number of hydrogen-bond donors (Lipinski definition) is 2. The Balaban J connectivity index is 1.55. The van der Waals surface area contributed by atoms with Crippen LogP contribution in [-0.4, -0.2) is 44.5 Å². The predicted octanol–water partition coefficient (Wildman–Crippen LogP) is 3.97. The number of ether oxygens (including phenoxy) is 2. The van der Waals surface area contributed by atoms with Crippen LogP contribution in [0.5, 0.6) is 11.5 Å². The molecule has 0 spiro atoms. The normalized spacial score (nSPS) is 11.9. The highest BCUT2D eigenvalue weighted by molar-refractivity contribution is 7.91. The van der Waals surface area contributed by atoms with E-state index in [0.29, 0.717) is 23.6 Å². The molecule has 35 heavy (non-hydrogen) atoms. The van der Waals surface area contributed by atoms with Gasteiger partial charge in [0.05, 0.1) is 17.8 Å². The van der Waals surface area contributed by atoms with Crippen LogP contribution in [0, 0.1) is 0 Å². The van der Waals surface area contributed by atoms with E-state index in [9.17, 15) is 23.1 Å². The molecule has 2 N–H and O–H groups in total. The standard InChI is InChI=1S/C25H24ClNO7S/c1-33-20-12-6-18(7-13-20)23(28)27-24(25(29)30)34-21-10-4-17(5-11-21)3-2-16-35(31,32)22-14-8-19(26)9-15-22/h4-15,24H,2-3,16H2,1H3,(H,27,28)(H,29,30). The summed E-state index contributed by atoms with van der Waals surface area (Å²) in [7, 11) is -1.92. The fourth-order valence-corrected chi connectivity index (χ4v) is 4.62. The number of carboxylic acids is 1. The van der Waals surface area contributed by atoms with Crippen molar-refractivity contribution in [1.29, 1.82) is 0 Å². The summed E-state index contributed by atoms with van der Waals surface area (Å²) in [6.07, 6.45) is -0.690. The molecule has 184 valence electrons. The maximum atomic E-state index is 12.4. The number of carbonyl (C=O) groups excluding carboxylic acids is 1. The molecule has 3 rings (SSSR count). The van der Waals surface area contributed by atoms with E-state index >= 15 is 0 Å². The number of aryl methyl sites for hydroxylation is 1. The van der Waals surface area contributed by atoms with Gasteiger partial charge >= 0.3 is 5.97 Å². The molecule has 1 unspecified atom stereocenters. The average molecular weight is 518 g/mol. The van der Waals surface area contributed by atoms with E-state index in [2.05, 4.69) is 5.32 Å². The SMILES string of the molecule is COc1ccc(C(=O)NC(Oc2ccc(CCCS(=O)(=O)c3ccc(Cl)cc3)cc2)C(=O)O)cc1. The van der Waals surface area contributed by atoms with Gasteiger partial charge in [-0.25, -0.2) is 13.2 Å². The monoisotopic (exact) mass is 517 g/mol. The van der Waals surface area contributed by atoms with Crippen LogP contribution in [-0.2, 0) is 21.1 Å². The molecule has 0 fully saturated rings. The van der Waals surface area contributed by atoms with Crippen LogP contribution in [0.25, 0.3) is 0 Å². The molecule has 3 aromatic rings. The van der Waals surface area contributed by atoms with Gasteiger partial charge in [0.15, 0.2) is 9.84 Å². The second-order valence-electron chi connectivity index (χ2n) is 7.56. The zero-order valence-corrected chi connectivity index (χ0v) is 20.4. The summed E-state index contributed by atoms with van der Waals surface area (Å²) in [5.41, 5.74) is 1.11. The lowest BCUT2D eigenvalue weighted by molar-refractivity contribution is -0.146. The zero-order chi connectivity index (χ0) is 25.4. The number of sulfone groups is 1. The van der Waals surface area contributed by atoms with Gasteiger partial charge in [0.1, 0.15) is 11.5 Å². The number of carboxylic acid groups (broad SMARTS) is 1. The van der Waals surface area contributed by atoms with Crippen LogP contribution in [0.15, 0.2) is 77.7 Å². The summed E-state index contributed by atoms with van der Waals surface area (Å²) in [5.74, 6) is -1.19. The second kappa shape index (κ2) is 11.7. The highest BCUT2D eigenvalue weighted by Gasteiger charge is 2.23. The summed E-state index contributed by atoms with van der Waals surface area (Å²) in [6.45, 7) is 0. The first-order valence-electron chi connectivity index (χ1n) is 10.6. The van der Waals surface area contributed by atoms with E-state index in [0.717, 1.165) is 5.56 Å². The third kappa shape index (κ3) is 7.46. The number of carbonyl (C=O) groups is 2. The van der Waals surface area contributed by atoms with Crippen LogP contribution in [0.1, 0.15) is 22.3 Å². The van der Waals surface area contributed by atoms with Crippen molar-refractivity contribution in [2.75, 3.05) is 12.9 Å². The first-order valence-corrected chi connectivity index (χ1v) is 12.6. The molecule has 0 aliphatic rings. The maximum Gasteiger partial charge on any atom is 0.366 e. The molecule has 0 aliphatic carbocycles. The van der Waals surface area contributed by atoms with E-state index in [-0.39, 0.29) is 22.0 Å². The Labute approximate surface area is 208 Å². The van der Waals surface area contributed by atoms with Gasteiger partial charge in [0, 0.05) is 10.6 Å². The summed E-state index contributed by atoms with van der Waals surface area (Å²) in [4.78, 5) is 24.2. The molecule has 0 saturated carbocycles. The fraction of sp³-hybridized carbons (Fsp3) is 0.200. The predicted molar refractivity (Wildman–Crippen MR) is 131 cm³/mol. The summed E-state index contributed by atoms with van der Waals surface area (Å²) in [6, 6.07) is 18.8. The number of aliphatic carboxylic acids is 1. The Hall–Kier alpha value is -3.56. The number of methoxy groups -OCH3 is 1. The molecule has 0 radical (unpaired) electrons. The first-order chi connectivity index (χ1) is 16.7. The average Bonchev–Trinajstić information content (AvgIpc) is 2.84. The van der Waals surface area contributed by atoms with E-state index < -0.39 is 27.9 Å². The van der Waals surface area contributed by atoms with Crippen molar-refractivity contribution in [3.8, 4) is 11.5 Å². The molecule has 10 heteroatoms. The quantitative estimate of drug-likeness (QED) is 0.369. The number of halogens is 1. The lowest BCUT2D eigenvalue weighted by Gasteiger charge is -2.17. The third-order valence-electron chi connectivity index (χ3n) is 5.07. The molecule has 1 atom stereocenters. The topological polar surface area (TPSA) is 119 Å². The highest BCUT2D eigenvalue weighted by atomic mass is 35.5. The van der Waals surface area contributed by atoms with Crippen molar-refractivity contribution in [2.24, 2.45) is 0 Å². The Morgan fingerprint density at radius 2 is 1.54 bits per heavy atom. The molecule has 0 bridgehead atoms. The minimum atomic E-state index is -3.42. The fourth-order valence-electron chi connectivity index (χ4n) is 3.18. The van der Waals surface area contributed by atoms with Crippen LogP contribution in [0.4, 0.5) is 0 Å². The van der Waals surface area contributed by atoms with Crippen molar-refractivity contribution in [3.05, 3.63) is 88.9 Å². The summed E-state index contributed by atoms with van der Waals surface area (Å²) in [5, 5.41) is 12.2. The van der Waals surface area contributed by atoms with Crippen LogP contribution in [0.2, 0.25) is 5.02 Å². The van der Waals surface area contributed by atoms with Gasteiger partial charge in [-0.2, -0.15) is 0 Å². The van der Waals surface area contributed by atoms with Crippen molar-refractivity contribution >= 4 is 33.3 Å². The Bertz CT molecular complexity index is 1260. The van der Waals surface area contributed by atoms with E-state index in [1.54, 1.807) is 36.4 Å². The largest absolute Gasteiger partial charge is 0.497 e. The molecule has 3 aromatic carbocycles. The zero-order valence-electron chi connectivity index (χ0n) is 18.8. The van der Waals surface area contributed by atoms with Crippen molar-refractivity contribution in [3.63, 3.8) is 0 Å². The lowest BCUT2D eigenvalue weighted by Crippen LogP contribution is -2.44.